The third kappa shape index (κ3) is 2.25. The molecule has 1 heterocycles. The van der Waals surface area contributed by atoms with Gasteiger partial charge < -0.3 is 10.3 Å². The zero-order valence-electron chi connectivity index (χ0n) is 8.27. The molecule has 0 amide bonds. The van der Waals surface area contributed by atoms with Crippen molar-refractivity contribution < 1.29 is 0 Å². The molecule has 14 heavy (non-hydrogen) atoms. The first-order chi connectivity index (χ1) is 6.72. The van der Waals surface area contributed by atoms with Gasteiger partial charge in [0.2, 0.25) is 0 Å². The lowest BCUT2D eigenvalue weighted by molar-refractivity contribution is 0.642. The Bertz CT molecular complexity index is 340. The Morgan fingerprint density at radius 3 is 2.86 bits per heavy atom. The van der Waals surface area contributed by atoms with Crippen LogP contribution in [-0.4, -0.2) is 20.0 Å². The van der Waals surface area contributed by atoms with E-state index in [9.17, 15) is 0 Å². The number of aromatic nitrogens is 3. The lowest BCUT2D eigenvalue weighted by atomic mass is 10.5. The monoisotopic (exact) mass is 211 g/mol. The first kappa shape index (κ1) is 11.0. The van der Waals surface area contributed by atoms with E-state index in [1.807, 2.05) is 18.4 Å². The molecule has 2 N–H and O–H groups in total. The van der Waals surface area contributed by atoms with Crippen LogP contribution in [0.3, 0.4) is 0 Å². The highest BCUT2D eigenvalue weighted by Crippen LogP contribution is 2.21. The van der Waals surface area contributed by atoms with Crippen LogP contribution in [0.25, 0.3) is 0 Å². The maximum atomic E-state index is 8.67. The van der Waals surface area contributed by atoms with Gasteiger partial charge in [-0.2, -0.15) is 5.26 Å². The third-order valence-electron chi connectivity index (χ3n) is 1.76. The summed E-state index contributed by atoms with van der Waals surface area (Å²) in [6.07, 6.45) is 0. The second-order valence-corrected chi connectivity index (χ2v) is 4.04. The van der Waals surface area contributed by atoms with Gasteiger partial charge in [0.25, 0.3) is 0 Å². The fraction of sp³-hybridized carbons (Fsp3) is 0.625. The van der Waals surface area contributed by atoms with Crippen molar-refractivity contribution in [3.63, 3.8) is 0 Å². The summed E-state index contributed by atoms with van der Waals surface area (Å²) in [5, 5.41) is 17.3. The van der Waals surface area contributed by atoms with E-state index < -0.39 is 0 Å². The number of thioether (sulfide) groups is 1. The van der Waals surface area contributed by atoms with Crippen LogP contribution in [0.4, 0.5) is 0 Å². The first-order valence-electron chi connectivity index (χ1n) is 4.41. The quantitative estimate of drug-likeness (QED) is 0.744. The van der Waals surface area contributed by atoms with Crippen molar-refractivity contribution in [2.24, 2.45) is 5.73 Å². The van der Waals surface area contributed by atoms with Crippen LogP contribution in [0.2, 0.25) is 0 Å². The number of rotatable bonds is 4. The van der Waals surface area contributed by atoms with Crippen LogP contribution >= 0.6 is 11.8 Å². The Balaban J connectivity index is 2.87. The van der Waals surface area contributed by atoms with Gasteiger partial charge in [-0.1, -0.05) is 11.8 Å². The van der Waals surface area contributed by atoms with Crippen molar-refractivity contribution in [3.05, 3.63) is 5.82 Å². The van der Waals surface area contributed by atoms with Crippen molar-refractivity contribution >= 4 is 11.8 Å². The molecule has 0 saturated heterocycles. The molecule has 1 rings (SSSR count). The summed E-state index contributed by atoms with van der Waals surface area (Å²) in [4.78, 5) is 0. The van der Waals surface area contributed by atoms with Gasteiger partial charge in [0.05, 0.1) is 17.9 Å². The summed E-state index contributed by atoms with van der Waals surface area (Å²) in [5.41, 5.74) is 5.51. The predicted molar refractivity (Wildman–Crippen MR) is 54.5 cm³/mol. The minimum Gasteiger partial charge on any atom is -0.324 e. The molecule has 1 atom stereocenters. The van der Waals surface area contributed by atoms with E-state index in [0.717, 1.165) is 17.5 Å². The molecule has 1 aromatic rings. The molecule has 5 nitrogen and oxygen atoms in total. The molecule has 0 saturated carbocycles. The minimum absolute atomic E-state index is 0.116. The highest BCUT2D eigenvalue weighted by molar-refractivity contribution is 8.00. The molecule has 6 heteroatoms. The summed E-state index contributed by atoms with van der Waals surface area (Å²) < 4.78 is 1.93. The fourth-order valence-corrected chi connectivity index (χ4v) is 1.88. The molecule has 0 bridgehead atoms. The standard InChI is InChI=1S/C8H13N5S/c1-3-13-7(5-10)11-12-8(13)14-6(2)4-9/h6H,3,5,10H2,1-2H3. The third-order valence-corrected chi connectivity index (χ3v) is 2.73. The van der Waals surface area contributed by atoms with Gasteiger partial charge in [0.15, 0.2) is 5.16 Å². The Kier molecular flexibility index (Phi) is 3.92. The molecule has 0 aromatic carbocycles. The summed E-state index contributed by atoms with van der Waals surface area (Å²) in [5.74, 6) is 0.764. The normalized spacial score (nSPS) is 12.4. The highest BCUT2D eigenvalue weighted by Gasteiger charge is 2.12. The van der Waals surface area contributed by atoms with E-state index in [4.69, 9.17) is 11.0 Å². The zero-order chi connectivity index (χ0) is 10.6. The molecule has 0 aliphatic heterocycles. The number of nitrogens with zero attached hydrogens (tertiary/aromatic N) is 4. The minimum atomic E-state index is -0.116. The van der Waals surface area contributed by atoms with Crippen molar-refractivity contribution in [3.8, 4) is 6.07 Å². The number of hydrogen-bond donors (Lipinski definition) is 1. The second kappa shape index (κ2) is 4.98. The fourth-order valence-electron chi connectivity index (χ4n) is 1.06. The van der Waals surface area contributed by atoms with Crippen molar-refractivity contribution in [1.29, 1.82) is 5.26 Å². The van der Waals surface area contributed by atoms with E-state index >= 15 is 0 Å². The van der Waals surface area contributed by atoms with Gasteiger partial charge in [-0.25, -0.2) is 0 Å². The summed E-state index contributed by atoms with van der Waals surface area (Å²) >= 11 is 1.40. The maximum Gasteiger partial charge on any atom is 0.192 e. The largest absolute Gasteiger partial charge is 0.324 e. The summed E-state index contributed by atoms with van der Waals surface area (Å²) in [7, 11) is 0. The van der Waals surface area contributed by atoms with E-state index in [0.29, 0.717) is 6.54 Å². The highest BCUT2D eigenvalue weighted by atomic mass is 32.2. The van der Waals surface area contributed by atoms with E-state index in [1.165, 1.54) is 11.8 Å². The molecule has 0 aliphatic rings. The SMILES string of the molecule is CCn1c(CN)nnc1SC(C)C#N. The number of hydrogen-bond acceptors (Lipinski definition) is 5. The molecule has 0 aliphatic carbocycles. The lowest BCUT2D eigenvalue weighted by Gasteiger charge is -2.05. The van der Waals surface area contributed by atoms with Crippen molar-refractivity contribution in [2.75, 3.05) is 0 Å². The first-order valence-corrected chi connectivity index (χ1v) is 5.29. The molecular weight excluding hydrogens is 198 g/mol. The van der Waals surface area contributed by atoms with Crippen molar-refractivity contribution in [2.45, 2.75) is 37.3 Å². The van der Waals surface area contributed by atoms with E-state index in [1.54, 1.807) is 0 Å². The summed E-state index contributed by atoms with van der Waals surface area (Å²) in [6, 6.07) is 2.14. The zero-order valence-corrected chi connectivity index (χ0v) is 9.08. The van der Waals surface area contributed by atoms with Gasteiger partial charge in [-0.15, -0.1) is 10.2 Å². The smallest absolute Gasteiger partial charge is 0.192 e. The van der Waals surface area contributed by atoms with Gasteiger partial charge in [0.1, 0.15) is 5.82 Å². The topological polar surface area (TPSA) is 80.5 Å². The van der Waals surface area contributed by atoms with Crippen LogP contribution in [0, 0.1) is 11.3 Å². The summed E-state index contributed by atoms with van der Waals surface area (Å²) in [6.45, 7) is 4.99. The number of nitriles is 1. The van der Waals surface area contributed by atoms with E-state index in [2.05, 4.69) is 16.3 Å². The van der Waals surface area contributed by atoms with Gasteiger partial charge in [-0.3, -0.25) is 0 Å². The molecule has 0 spiro atoms. The van der Waals surface area contributed by atoms with Crippen LogP contribution in [0.5, 0.6) is 0 Å². The van der Waals surface area contributed by atoms with Gasteiger partial charge >= 0.3 is 0 Å². The van der Waals surface area contributed by atoms with Crippen LogP contribution in [-0.2, 0) is 13.1 Å². The molecule has 76 valence electrons. The molecular formula is C8H13N5S. The van der Waals surface area contributed by atoms with Crippen molar-refractivity contribution in [1.82, 2.24) is 14.8 Å². The van der Waals surface area contributed by atoms with Gasteiger partial charge in [0, 0.05) is 6.54 Å². The second-order valence-electron chi connectivity index (χ2n) is 2.74. The Hall–Kier alpha value is -1.06. The molecule has 0 radical (unpaired) electrons. The maximum absolute atomic E-state index is 8.67. The molecule has 0 fully saturated rings. The van der Waals surface area contributed by atoms with Crippen LogP contribution < -0.4 is 5.73 Å². The predicted octanol–water partition coefficient (Wildman–Crippen LogP) is 0.761. The van der Waals surface area contributed by atoms with Gasteiger partial charge in [-0.05, 0) is 13.8 Å². The Morgan fingerprint density at radius 1 is 1.64 bits per heavy atom. The van der Waals surface area contributed by atoms with Crippen LogP contribution in [0.1, 0.15) is 19.7 Å². The number of nitrogens with two attached hydrogens (primary N) is 1. The van der Waals surface area contributed by atoms with Crippen LogP contribution in [0.15, 0.2) is 5.16 Å². The molecule has 1 aromatic heterocycles. The molecule has 1 unspecified atom stereocenters. The van der Waals surface area contributed by atoms with E-state index in [-0.39, 0.29) is 5.25 Å². The average Bonchev–Trinajstić information content (AvgIpc) is 2.59. The lowest BCUT2D eigenvalue weighted by Crippen LogP contribution is -2.08. The average molecular weight is 211 g/mol. The Labute approximate surface area is 87.3 Å². The Morgan fingerprint density at radius 2 is 2.36 bits per heavy atom.